The zero-order valence-electron chi connectivity index (χ0n) is 36.6. The molecule has 3 N–H and O–H groups in total. The molecule has 1 unspecified atom stereocenters. The predicted molar refractivity (Wildman–Crippen MR) is 238 cm³/mol. The van der Waals surface area contributed by atoms with E-state index in [1.165, 1.54) is 161 Å². The number of rotatable bonds is 45. The summed E-state index contributed by atoms with van der Waals surface area (Å²) in [6, 6.07) is 0. The second kappa shape index (κ2) is 44.7. The van der Waals surface area contributed by atoms with E-state index in [1.807, 2.05) is 6.08 Å². The maximum absolute atomic E-state index is 12.4. The minimum Gasteiger partial charge on any atom is -0.492 e. The van der Waals surface area contributed by atoms with E-state index in [2.05, 4.69) is 38.2 Å². The SMILES string of the molecule is CCCCCCCC/C=C\CCCCCC/C=C\O[C@H](COC(=O)CCCCCCCCCCCCC/C=C\CCCCCCCC)COP(=O)(O)OCCN. The van der Waals surface area contributed by atoms with Gasteiger partial charge in [0.2, 0.25) is 0 Å². The van der Waals surface area contributed by atoms with Crippen LogP contribution in [0.1, 0.15) is 226 Å². The van der Waals surface area contributed by atoms with E-state index >= 15 is 0 Å². The van der Waals surface area contributed by atoms with Gasteiger partial charge in [0.15, 0.2) is 6.10 Å². The molecular weight excluding hydrogens is 721 g/mol. The molecule has 0 spiro atoms. The smallest absolute Gasteiger partial charge is 0.472 e. The lowest BCUT2D eigenvalue weighted by Gasteiger charge is -2.19. The first-order valence-electron chi connectivity index (χ1n) is 23.5. The number of unbranched alkanes of at least 4 members (excludes halogenated alkanes) is 28. The molecule has 0 heterocycles. The molecule has 0 aliphatic rings. The second-order valence-corrected chi connectivity index (χ2v) is 17.1. The summed E-state index contributed by atoms with van der Waals surface area (Å²) in [5.74, 6) is -0.292. The Labute approximate surface area is 346 Å². The van der Waals surface area contributed by atoms with Gasteiger partial charge in [-0.05, 0) is 76.7 Å². The maximum Gasteiger partial charge on any atom is 0.472 e. The molecule has 0 bridgehead atoms. The van der Waals surface area contributed by atoms with E-state index < -0.39 is 13.9 Å². The Morgan fingerprint density at radius 3 is 1.32 bits per heavy atom. The van der Waals surface area contributed by atoms with Crippen molar-refractivity contribution in [1.29, 1.82) is 0 Å². The third-order valence-electron chi connectivity index (χ3n) is 10.1. The van der Waals surface area contributed by atoms with E-state index in [9.17, 15) is 14.3 Å². The molecule has 0 aromatic heterocycles. The number of allylic oxidation sites excluding steroid dienone is 5. The Bertz CT molecular complexity index is 957. The van der Waals surface area contributed by atoms with Crippen molar-refractivity contribution < 1.29 is 32.8 Å². The maximum atomic E-state index is 12.4. The first kappa shape index (κ1) is 54.6. The molecule has 0 radical (unpaired) electrons. The van der Waals surface area contributed by atoms with Gasteiger partial charge >= 0.3 is 13.8 Å². The summed E-state index contributed by atoms with van der Waals surface area (Å²) in [7, 11) is -4.27. The van der Waals surface area contributed by atoms with Crippen LogP contribution in [0.5, 0.6) is 0 Å². The van der Waals surface area contributed by atoms with Crippen LogP contribution in [0.25, 0.3) is 0 Å². The van der Waals surface area contributed by atoms with Gasteiger partial charge in [-0.3, -0.25) is 13.8 Å². The molecule has 0 saturated carbocycles. The van der Waals surface area contributed by atoms with E-state index in [4.69, 9.17) is 24.3 Å². The minimum absolute atomic E-state index is 0.0671. The number of phosphoric ester groups is 1. The van der Waals surface area contributed by atoms with Crippen LogP contribution >= 0.6 is 7.82 Å². The normalized spacial score (nSPS) is 13.6. The standard InChI is InChI=1S/C47H90NO7P/c1-3-5-7-9-11-13-15-17-19-21-22-23-24-25-26-28-30-32-34-36-38-40-47(49)53-44-46(45-55-56(50,51)54-43-41-48)52-42-39-37-35-33-31-29-27-20-18-16-14-12-10-8-6-4-2/h17-20,39,42,46H,3-16,21-38,40-41,43-45,48H2,1-2H3,(H,50,51)/b19-17-,20-18-,42-39-/t46-/m1/s1. The summed E-state index contributed by atoms with van der Waals surface area (Å²) in [5.41, 5.74) is 5.37. The van der Waals surface area contributed by atoms with Crippen LogP contribution in [0.15, 0.2) is 36.6 Å². The Morgan fingerprint density at radius 1 is 0.536 bits per heavy atom. The van der Waals surface area contributed by atoms with Gasteiger partial charge < -0.3 is 20.1 Å². The van der Waals surface area contributed by atoms with Crippen molar-refractivity contribution >= 4 is 13.8 Å². The van der Waals surface area contributed by atoms with Crippen LogP contribution in [0.3, 0.4) is 0 Å². The molecule has 2 atom stereocenters. The Balaban J connectivity index is 4.00. The first-order chi connectivity index (χ1) is 27.4. The van der Waals surface area contributed by atoms with Gasteiger partial charge in [-0.1, -0.05) is 173 Å². The fourth-order valence-corrected chi connectivity index (χ4v) is 7.32. The van der Waals surface area contributed by atoms with Crippen LogP contribution in [0.2, 0.25) is 0 Å². The zero-order chi connectivity index (χ0) is 40.9. The van der Waals surface area contributed by atoms with Gasteiger partial charge in [-0.15, -0.1) is 0 Å². The summed E-state index contributed by atoms with van der Waals surface area (Å²) in [4.78, 5) is 22.3. The van der Waals surface area contributed by atoms with E-state index in [-0.39, 0.29) is 32.3 Å². The Kier molecular flexibility index (Phi) is 43.5. The number of hydrogen-bond acceptors (Lipinski definition) is 7. The quantitative estimate of drug-likeness (QED) is 0.0205. The topological polar surface area (TPSA) is 117 Å². The van der Waals surface area contributed by atoms with Crippen molar-refractivity contribution in [2.45, 2.75) is 232 Å². The molecular formula is C47H90NO7P. The van der Waals surface area contributed by atoms with Gasteiger partial charge in [-0.25, -0.2) is 4.57 Å². The third kappa shape index (κ3) is 43.7. The fraction of sp³-hybridized carbons (Fsp3) is 0.851. The highest BCUT2D eigenvalue weighted by atomic mass is 31.2. The number of carbonyl (C=O) groups is 1. The van der Waals surface area contributed by atoms with Gasteiger partial charge in [0, 0.05) is 13.0 Å². The third-order valence-corrected chi connectivity index (χ3v) is 11.1. The number of carbonyl (C=O) groups excluding carboxylic acids is 1. The predicted octanol–water partition coefficient (Wildman–Crippen LogP) is 14.5. The van der Waals surface area contributed by atoms with E-state index in [0.717, 1.165) is 44.9 Å². The molecule has 0 rings (SSSR count). The minimum atomic E-state index is -4.27. The second-order valence-electron chi connectivity index (χ2n) is 15.7. The van der Waals surface area contributed by atoms with Crippen molar-refractivity contribution in [1.82, 2.24) is 0 Å². The Morgan fingerprint density at radius 2 is 0.911 bits per heavy atom. The van der Waals surface area contributed by atoms with Gasteiger partial charge in [0.1, 0.15) is 6.61 Å². The molecule has 0 aromatic carbocycles. The Hall–Kier alpha value is -1.44. The highest BCUT2D eigenvalue weighted by Crippen LogP contribution is 2.43. The average Bonchev–Trinajstić information content (AvgIpc) is 3.19. The number of hydrogen-bond donors (Lipinski definition) is 2. The van der Waals surface area contributed by atoms with E-state index in [1.54, 1.807) is 6.26 Å². The molecule has 0 fully saturated rings. The number of esters is 1. The van der Waals surface area contributed by atoms with E-state index in [0.29, 0.717) is 6.42 Å². The van der Waals surface area contributed by atoms with Crippen LogP contribution in [0, 0.1) is 0 Å². The van der Waals surface area contributed by atoms with Crippen molar-refractivity contribution in [2.24, 2.45) is 5.73 Å². The van der Waals surface area contributed by atoms with Gasteiger partial charge in [-0.2, -0.15) is 0 Å². The summed E-state index contributed by atoms with van der Waals surface area (Å²) in [6.45, 7) is 4.22. The lowest BCUT2D eigenvalue weighted by atomic mass is 10.0. The molecule has 330 valence electrons. The first-order valence-corrected chi connectivity index (χ1v) is 25.0. The molecule has 9 heteroatoms. The number of nitrogens with two attached hydrogens (primary N) is 1. The monoisotopic (exact) mass is 812 g/mol. The lowest BCUT2D eigenvalue weighted by molar-refractivity contribution is -0.147. The van der Waals surface area contributed by atoms with Crippen molar-refractivity contribution in [3.8, 4) is 0 Å². The summed E-state index contributed by atoms with van der Waals surface area (Å²) >= 11 is 0. The fourth-order valence-electron chi connectivity index (χ4n) is 6.56. The molecule has 0 aliphatic carbocycles. The zero-order valence-corrected chi connectivity index (χ0v) is 37.5. The molecule has 0 aliphatic heterocycles. The van der Waals surface area contributed by atoms with Crippen LogP contribution in [-0.2, 0) is 27.9 Å². The molecule has 0 aromatic rings. The average molecular weight is 812 g/mol. The number of ether oxygens (including phenoxy) is 2. The summed E-state index contributed by atoms with van der Waals surface area (Å²) < 4.78 is 33.3. The molecule has 8 nitrogen and oxygen atoms in total. The number of phosphoric acid groups is 1. The van der Waals surface area contributed by atoms with Crippen LogP contribution in [-0.4, -0.2) is 43.3 Å². The lowest BCUT2D eigenvalue weighted by Crippen LogP contribution is -2.25. The highest BCUT2D eigenvalue weighted by molar-refractivity contribution is 7.47. The van der Waals surface area contributed by atoms with Gasteiger partial charge in [0.25, 0.3) is 0 Å². The van der Waals surface area contributed by atoms with Crippen molar-refractivity contribution in [3.05, 3.63) is 36.6 Å². The molecule has 0 saturated heterocycles. The summed E-state index contributed by atoms with van der Waals surface area (Å²) in [5, 5.41) is 0. The largest absolute Gasteiger partial charge is 0.492 e. The molecule has 56 heavy (non-hydrogen) atoms. The molecule has 0 amide bonds. The van der Waals surface area contributed by atoms with Crippen molar-refractivity contribution in [3.63, 3.8) is 0 Å². The highest BCUT2D eigenvalue weighted by Gasteiger charge is 2.24. The summed E-state index contributed by atoms with van der Waals surface area (Å²) in [6.07, 6.45) is 52.7. The van der Waals surface area contributed by atoms with Crippen LogP contribution < -0.4 is 5.73 Å². The van der Waals surface area contributed by atoms with Gasteiger partial charge in [0.05, 0.1) is 19.5 Å². The van der Waals surface area contributed by atoms with Crippen LogP contribution in [0.4, 0.5) is 0 Å². The van der Waals surface area contributed by atoms with Crippen molar-refractivity contribution in [2.75, 3.05) is 26.4 Å².